The van der Waals surface area contributed by atoms with Gasteiger partial charge in [-0.25, -0.2) is 8.78 Å². The SMILES string of the molecule is CCCCC(N)c1c(F)cccc1F.Cl. The van der Waals surface area contributed by atoms with E-state index < -0.39 is 17.7 Å². The first kappa shape index (κ1) is 14.3. The smallest absolute Gasteiger partial charge is 0.130 e. The van der Waals surface area contributed by atoms with Gasteiger partial charge in [0.15, 0.2) is 0 Å². The molecule has 0 spiro atoms. The predicted molar refractivity (Wildman–Crippen MR) is 60.1 cm³/mol. The van der Waals surface area contributed by atoms with Gasteiger partial charge in [0.1, 0.15) is 11.6 Å². The van der Waals surface area contributed by atoms with Crippen molar-refractivity contribution in [3.05, 3.63) is 35.4 Å². The second-order valence-corrected chi connectivity index (χ2v) is 3.38. The molecular weight excluding hydrogens is 220 g/mol. The molecule has 15 heavy (non-hydrogen) atoms. The van der Waals surface area contributed by atoms with Gasteiger partial charge >= 0.3 is 0 Å². The first-order chi connectivity index (χ1) is 6.66. The van der Waals surface area contributed by atoms with Gasteiger partial charge in [-0.2, -0.15) is 0 Å². The molecule has 1 unspecified atom stereocenters. The molecule has 0 radical (unpaired) electrons. The monoisotopic (exact) mass is 235 g/mol. The summed E-state index contributed by atoms with van der Waals surface area (Å²) in [6.45, 7) is 2.02. The maximum Gasteiger partial charge on any atom is 0.130 e. The number of halogens is 3. The normalized spacial score (nSPS) is 12.0. The standard InChI is InChI=1S/C11H15F2N.ClH/c1-2-3-7-10(14)11-8(12)5-4-6-9(11)13;/h4-6,10H,2-3,7,14H2,1H3;1H. The van der Waals surface area contributed by atoms with Crippen molar-refractivity contribution < 1.29 is 8.78 Å². The molecule has 1 aromatic rings. The molecule has 2 N–H and O–H groups in total. The number of nitrogens with two attached hydrogens (primary N) is 1. The Kier molecular flexibility index (Phi) is 6.45. The highest BCUT2D eigenvalue weighted by Crippen LogP contribution is 2.22. The van der Waals surface area contributed by atoms with Gasteiger partial charge < -0.3 is 5.73 Å². The lowest BCUT2D eigenvalue weighted by molar-refractivity contribution is 0.502. The van der Waals surface area contributed by atoms with Gasteiger partial charge in [-0.3, -0.25) is 0 Å². The van der Waals surface area contributed by atoms with Gasteiger partial charge in [-0.15, -0.1) is 12.4 Å². The molecular formula is C11H16ClF2N. The Morgan fingerprint density at radius 1 is 1.27 bits per heavy atom. The quantitative estimate of drug-likeness (QED) is 0.848. The Balaban J connectivity index is 0.00000196. The van der Waals surface area contributed by atoms with E-state index in [2.05, 4.69) is 0 Å². The third-order valence-corrected chi connectivity index (χ3v) is 2.24. The minimum absolute atomic E-state index is 0. The summed E-state index contributed by atoms with van der Waals surface area (Å²) in [5, 5.41) is 0. The van der Waals surface area contributed by atoms with Crippen molar-refractivity contribution in [1.82, 2.24) is 0 Å². The van der Waals surface area contributed by atoms with Crippen molar-refractivity contribution in [1.29, 1.82) is 0 Å². The summed E-state index contributed by atoms with van der Waals surface area (Å²) in [4.78, 5) is 0. The van der Waals surface area contributed by atoms with E-state index in [0.29, 0.717) is 6.42 Å². The first-order valence-electron chi connectivity index (χ1n) is 4.86. The molecule has 0 aliphatic heterocycles. The van der Waals surface area contributed by atoms with Gasteiger partial charge in [0, 0.05) is 11.6 Å². The molecule has 0 saturated carbocycles. The summed E-state index contributed by atoms with van der Waals surface area (Å²) < 4.78 is 26.4. The average Bonchev–Trinajstić information content (AvgIpc) is 2.14. The van der Waals surface area contributed by atoms with Crippen molar-refractivity contribution in [3.8, 4) is 0 Å². The van der Waals surface area contributed by atoms with Crippen LogP contribution in [0.2, 0.25) is 0 Å². The third-order valence-electron chi connectivity index (χ3n) is 2.24. The molecule has 4 heteroatoms. The zero-order chi connectivity index (χ0) is 10.6. The molecule has 0 heterocycles. The van der Waals surface area contributed by atoms with Gasteiger partial charge in [-0.05, 0) is 18.6 Å². The lowest BCUT2D eigenvalue weighted by atomic mass is 10.0. The molecule has 86 valence electrons. The Morgan fingerprint density at radius 3 is 2.27 bits per heavy atom. The van der Waals surface area contributed by atoms with Gasteiger partial charge in [0.05, 0.1) is 0 Å². The highest BCUT2D eigenvalue weighted by molar-refractivity contribution is 5.85. The maximum absolute atomic E-state index is 13.2. The van der Waals surface area contributed by atoms with Crippen molar-refractivity contribution in [2.75, 3.05) is 0 Å². The Labute approximate surface area is 95.1 Å². The fourth-order valence-corrected chi connectivity index (χ4v) is 1.43. The largest absolute Gasteiger partial charge is 0.324 e. The maximum atomic E-state index is 13.2. The predicted octanol–water partition coefficient (Wildman–Crippen LogP) is 3.58. The third kappa shape index (κ3) is 3.76. The van der Waals surface area contributed by atoms with Crippen LogP contribution >= 0.6 is 12.4 Å². The van der Waals surface area contributed by atoms with Crippen LogP contribution in [0.3, 0.4) is 0 Å². The number of unbranched alkanes of at least 4 members (excludes halogenated alkanes) is 1. The van der Waals surface area contributed by atoms with Crippen LogP contribution in [0.4, 0.5) is 8.78 Å². The molecule has 0 aliphatic rings. The summed E-state index contributed by atoms with van der Waals surface area (Å²) in [5.74, 6) is -1.10. The molecule has 0 saturated heterocycles. The molecule has 0 aliphatic carbocycles. The van der Waals surface area contributed by atoms with E-state index in [1.165, 1.54) is 18.2 Å². The zero-order valence-electron chi connectivity index (χ0n) is 8.67. The second kappa shape index (κ2) is 6.75. The van der Waals surface area contributed by atoms with E-state index in [-0.39, 0.29) is 18.0 Å². The van der Waals surface area contributed by atoms with E-state index in [0.717, 1.165) is 12.8 Å². The van der Waals surface area contributed by atoms with Crippen LogP contribution < -0.4 is 5.73 Å². The van der Waals surface area contributed by atoms with Crippen molar-refractivity contribution in [3.63, 3.8) is 0 Å². The zero-order valence-corrected chi connectivity index (χ0v) is 9.49. The van der Waals surface area contributed by atoms with Crippen LogP contribution in [-0.2, 0) is 0 Å². The number of benzene rings is 1. The van der Waals surface area contributed by atoms with Crippen LogP contribution in [0.25, 0.3) is 0 Å². The highest BCUT2D eigenvalue weighted by atomic mass is 35.5. The lowest BCUT2D eigenvalue weighted by Gasteiger charge is -2.12. The van der Waals surface area contributed by atoms with Crippen LogP contribution in [0.5, 0.6) is 0 Å². The molecule has 0 fully saturated rings. The molecule has 1 atom stereocenters. The van der Waals surface area contributed by atoms with Crippen molar-refractivity contribution in [2.45, 2.75) is 32.2 Å². The summed E-state index contributed by atoms with van der Waals surface area (Å²) >= 11 is 0. The Hall–Kier alpha value is -0.670. The number of rotatable bonds is 4. The Bertz CT molecular complexity index is 284. The second-order valence-electron chi connectivity index (χ2n) is 3.38. The summed E-state index contributed by atoms with van der Waals surface area (Å²) in [5.41, 5.74) is 5.72. The summed E-state index contributed by atoms with van der Waals surface area (Å²) in [6, 6.07) is 3.30. The highest BCUT2D eigenvalue weighted by Gasteiger charge is 2.15. The molecule has 1 nitrogen and oxygen atoms in total. The van der Waals surface area contributed by atoms with Crippen molar-refractivity contribution >= 4 is 12.4 Å². The number of hydrogen-bond donors (Lipinski definition) is 1. The molecule has 0 bridgehead atoms. The van der Waals surface area contributed by atoms with E-state index in [1.807, 2.05) is 6.92 Å². The minimum atomic E-state index is -0.548. The molecule has 1 rings (SSSR count). The van der Waals surface area contributed by atoms with Crippen LogP contribution in [0.1, 0.15) is 37.8 Å². The van der Waals surface area contributed by atoms with Crippen molar-refractivity contribution in [2.24, 2.45) is 5.73 Å². The molecule has 1 aromatic carbocycles. The van der Waals surface area contributed by atoms with Crippen LogP contribution in [0, 0.1) is 11.6 Å². The Morgan fingerprint density at radius 2 is 1.80 bits per heavy atom. The molecule has 0 amide bonds. The molecule has 0 aromatic heterocycles. The van der Waals surface area contributed by atoms with E-state index in [4.69, 9.17) is 5.73 Å². The average molecular weight is 236 g/mol. The van der Waals surface area contributed by atoms with E-state index >= 15 is 0 Å². The fraction of sp³-hybridized carbons (Fsp3) is 0.455. The summed E-state index contributed by atoms with van der Waals surface area (Å²) in [7, 11) is 0. The first-order valence-corrected chi connectivity index (χ1v) is 4.86. The van der Waals surface area contributed by atoms with Gasteiger partial charge in [-0.1, -0.05) is 25.8 Å². The topological polar surface area (TPSA) is 26.0 Å². The minimum Gasteiger partial charge on any atom is -0.324 e. The van der Waals surface area contributed by atoms with E-state index in [9.17, 15) is 8.78 Å². The van der Waals surface area contributed by atoms with Crippen LogP contribution in [-0.4, -0.2) is 0 Å². The van der Waals surface area contributed by atoms with Crippen LogP contribution in [0.15, 0.2) is 18.2 Å². The summed E-state index contributed by atoms with van der Waals surface area (Å²) in [6.07, 6.45) is 2.48. The lowest BCUT2D eigenvalue weighted by Crippen LogP contribution is -2.14. The fourth-order valence-electron chi connectivity index (χ4n) is 1.43. The van der Waals surface area contributed by atoms with E-state index in [1.54, 1.807) is 0 Å². The van der Waals surface area contributed by atoms with Gasteiger partial charge in [0.25, 0.3) is 0 Å². The van der Waals surface area contributed by atoms with Gasteiger partial charge in [0.2, 0.25) is 0 Å². The number of hydrogen-bond acceptors (Lipinski definition) is 1.